The summed E-state index contributed by atoms with van der Waals surface area (Å²) in [5.74, 6) is 0.981. The number of carbonyl (C=O) groups excluding carboxylic acids is 1. The van der Waals surface area contributed by atoms with E-state index in [2.05, 4.69) is 26.6 Å². The number of ether oxygens (including phenoxy) is 1. The molecule has 1 aromatic rings. The second-order valence-electron chi connectivity index (χ2n) is 4.46. The molecule has 1 amide bonds. The quantitative estimate of drug-likeness (QED) is 0.643. The van der Waals surface area contributed by atoms with Crippen LogP contribution in [-0.2, 0) is 4.79 Å². The molecule has 0 spiro atoms. The highest BCUT2D eigenvalue weighted by Gasteiger charge is 2.00. The zero-order valence-electron chi connectivity index (χ0n) is 12.0. The lowest BCUT2D eigenvalue weighted by atomic mass is 10.2. The first-order valence-corrected chi connectivity index (χ1v) is 7.87. The highest BCUT2D eigenvalue weighted by Crippen LogP contribution is 2.16. The van der Waals surface area contributed by atoms with E-state index in [1.165, 1.54) is 0 Å². The van der Waals surface area contributed by atoms with Crippen LogP contribution in [0, 0.1) is 0 Å². The number of halogens is 1. The van der Waals surface area contributed by atoms with Gasteiger partial charge >= 0.3 is 0 Å². The zero-order chi connectivity index (χ0) is 14.6. The van der Waals surface area contributed by atoms with Crippen molar-refractivity contribution in [2.24, 2.45) is 0 Å². The van der Waals surface area contributed by atoms with E-state index in [9.17, 15) is 4.79 Å². The fraction of sp³-hybridized carbons (Fsp3) is 0.533. The predicted octanol–water partition coefficient (Wildman–Crippen LogP) is 2.72. The number of benzene rings is 1. The van der Waals surface area contributed by atoms with Gasteiger partial charge < -0.3 is 15.4 Å². The average Bonchev–Trinajstić information content (AvgIpc) is 2.45. The van der Waals surface area contributed by atoms with E-state index in [0.717, 1.165) is 36.2 Å². The van der Waals surface area contributed by atoms with E-state index in [1.807, 2.05) is 31.2 Å². The SMILES string of the molecule is CCNCCNC(=O)CCCCOc1ccc(Br)cc1. The minimum atomic E-state index is 0.117. The molecule has 0 atom stereocenters. The van der Waals surface area contributed by atoms with Crippen LogP contribution in [0.25, 0.3) is 0 Å². The van der Waals surface area contributed by atoms with Gasteiger partial charge in [0.15, 0.2) is 0 Å². The molecule has 1 aromatic carbocycles. The molecule has 0 aromatic heterocycles. The van der Waals surface area contributed by atoms with Gasteiger partial charge in [-0.05, 0) is 43.7 Å². The monoisotopic (exact) mass is 342 g/mol. The summed E-state index contributed by atoms with van der Waals surface area (Å²) in [4.78, 5) is 11.5. The van der Waals surface area contributed by atoms with E-state index in [-0.39, 0.29) is 5.91 Å². The largest absolute Gasteiger partial charge is 0.494 e. The molecular weight excluding hydrogens is 320 g/mol. The number of nitrogens with one attached hydrogen (secondary N) is 2. The van der Waals surface area contributed by atoms with Crippen LogP contribution in [0.2, 0.25) is 0 Å². The van der Waals surface area contributed by atoms with Crippen LogP contribution >= 0.6 is 15.9 Å². The number of unbranched alkanes of at least 4 members (excludes halogenated alkanes) is 1. The molecule has 0 aliphatic rings. The van der Waals surface area contributed by atoms with E-state index in [0.29, 0.717) is 19.6 Å². The third kappa shape index (κ3) is 8.17. The normalized spacial score (nSPS) is 10.3. The van der Waals surface area contributed by atoms with Crippen molar-refractivity contribution in [2.45, 2.75) is 26.2 Å². The Hall–Kier alpha value is -1.07. The van der Waals surface area contributed by atoms with Gasteiger partial charge in [-0.1, -0.05) is 22.9 Å². The third-order valence-electron chi connectivity index (χ3n) is 2.75. The van der Waals surface area contributed by atoms with Crippen molar-refractivity contribution in [3.8, 4) is 5.75 Å². The molecule has 112 valence electrons. The van der Waals surface area contributed by atoms with E-state index in [1.54, 1.807) is 0 Å². The Morgan fingerprint density at radius 1 is 1.20 bits per heavy atom. The number of carbonyl (C=O) groups is 1. The van der Waals surface area contributed by atoms with Crippen molar-refractivity contribution in [3.05, 3.63) is 28.7 Å². The predicted molar refractivity (Wildman–Crippen MR) is 85.0 cm³/mol. The van der Waals surface area contributed by atoms with Crippen molar-refractivity contribution in [2.75, 3.05) is 26.2 Å². The Morgan fingerprint density at radius 2 is 1.95 bits per heavy atom. The highest BCUT2D eigenvalue weighted by atomic mass is 79.9. The van der Waals surface area contributed by atoms with Crippen molar-refractivity contribution < 1.29 is 9.53 Å². The van der Waals surface area contributed by atoms with Gasteiger partial charge in [0.05, 0.1) is 6.61 Å². The van der Waals surface area contributed by atoms with Gasteiger partial charge in [-0.25, -0.2) is 0 Å². The lowest BCUT2D eigenvalue weighted by Gasteiger charge is -2.07. The number of hydrogen-bond acceptors (Lipinski definition) is 3. The molecule has 0 saturated carbocycles. The first-order chi connectivity index (χ1) is 9.72. The van der Waals surface area contributed by atoms with Crippen LogP contribution < -0.4 is 15.4 Å². The van der Waals surface area contributed by atoms with Gasteiger partial charge in [0.1, 0.15) is 5.75 Å². The molecule has 20 heavy (non-hydrogen) atoms. The van der Waals surface area contributed by atoms with Gasteiger partial charge in [0, 0.05) is 24.0 Å². The minimum absolute atomic E-state index is 0.117. The van der Waals surface area contributed by atoms with Crippen LogP contribution in [0.3, 0.4) is 0 Å². The fourth-order valence-corrected chi connectivity index (χ4v) is 1.93. The number of rotatable bonds is 10. The maximum Gasteiger partial charge on any atom is 0.220 e. The molecule has 0 radical (unpaired) electrons. The first kappa shape index (κ1) is 17.0. The summed E-state index contributed by atoms with van der Waals surface area (Å²) in [6.45, 7) is 5.15. The summed E-state index contributed by atoms with van der Waals surface area (Å²) < 4.78 is 6.63. The Labute approximate surface area is 129 Å². The molecule has 1 rings (SSSR count). The van der Waals surface area contributed by atoms with Crippen molar-refractivity contribution >= 4 is 21.8 Å². The van der Waals surface area contributed by atoms with Gasteiger partial charge in [0.25, 0.3) is 0 Å². The summed E-state index contributed by atoms with van der Waals surface area (Å²) in [6, 6.07) is 7.76. The molecule has 0 fully saturated rings. The summed E-state index contributed by atoms with van der Waals surface area (Å²) in [6.07, 6.45) is 2.30. The minimum Gasteiger partial charge on any atom is -0.494 e. The van der Waals surface area contributed by atoms with Gasteiger partial charge in [-0.3, -0.25) is 4.79 Å². The molecule has 0 saturated heterocycles. The summed E-state index contributed by atoms with van der Waals surface area (Å²) >= 11 is 3.38. The Morgan fingerprint density at radius 3 is 2.65 bits per heavy atom. The lowest BCUT2D eigenvalue weighted by molar-refractivity contribution is -0.121. The zero-order valence-corrected chi connectivity index (χ0v) is 13.5. The van der Waals surface area contributed by atoms with Crippen molar-refractivity contribution in [3.63, 3.8) is 0 Å². The second-order valence-corrected chi connectivity index (χ2v) is 5.38. The smallest absolute Gasteiger partial charge is 0.220 e. The topological polar surface area (TPSA) is 50.4 Å². The molecule has 0 bridgehead atoms. The maximum atomic E-state index is 11.5. The fourth-order valence-electron chi connectivity index (χ4n) is 1.66. The third-order valence-corrected chi connectivity index (χ3v) is 3.28. The molecule has 0 heterocycles. The van der Waals surface area contributed by atoms with Gasteiger partial charge in [-0.15, -0.1) is 0 Å². The first-order valence-electron chi connectivity index (χ1n) is 7.08. The van der Waals surface area contributed by atoms with E-state index < -0.39 is 0 Å². The van der Waals surface area contributed by atoms with E-state index in [4.69, 9.17) is 4.74 Å². The van der Waals surface area contributed by atoms with Crippen LogP contribution in [-0.4, -0.2) is 32.1 Å². The highest BCUT2D eigenvalue weighted by molar-refractivity contribution is 9.10. The van der Waals surface area contributed by atoms with Gasteiger partial charge in [0.2, 0.25) is 5.91 Å². The van der Waals surface area contributed by atoms with Crippen molar-refractivity contribution in [1.29, 1.82) is 0 Å². The van der Waals surface area contributed by atoms with Crippen LogP contribution in [0.1, 0.15) is 26.2 Å². The van der Waals surface area contributed by atoms with Crippen molar-refractivity contribution in [1.82, 2.24) is 10.6 Å². The van der Waals surface area contributed by atoms with Gasteiger partial charge in [-0.2, -0.15) is 0 Å². The molecule has 0 aliphatic heterocycles. The number of hydrogen-bond donors (Lipinski definition) is 2. The Balaban J connectivity index is 1.98. The molecule has 5 heteroatoms. The lowest BCUT2D eigenvalue weighted by Crippen LogP contribution is -2.31. The average molecular weight is 343 g/mol. The standard InChI is InChI=1S/C15H23BrN2O2/c1-2-17-10-11-18-15(19)5-3-4-12-20-14-8-6-13(16)7-9-14/h6-9,17H,2-5,10-12H2,1H3,(H,18,19). The van der Waals surface area contributed by atoms with Crippen LogP contribution in [0.4, 0.5) is 0 Å². The summed E-state index contributed by atoms with van der Waals surface area (Å²) in [7, 11) is 0. The summed E-state index contributed by atoms with van der Waals surface area (Å²) in [5.41, 5.74) is 0. The Bertz CT molecular complexity index is 382. The molecule has 2 N–H and O–H groups in total. The number of amides is 1. The van der Waals surface area contributed by atoms with E-state index >= 15 is 0 Å². The molecular formula is C15H23BrN2O2. The maximum absolute atomic E-state index is 11.5. The van der Waals surface area contributed by atoms with Crippen LogP contribution in [0.5, 0.6) is 5.75 Å². The molecule has 4 nitrogen and oxygen atoms in total. The Kier molecular flexibility index (Phi) is 9.07. The molecule has 0 unspecified atom stereocenters. The molecule has 0 aliphatic carbocycles. The van der Waals surface area contributed by atoms with Crippen LogP contribution in [0.15, 0.2) is 28.7 Å². The second kappa shape index (κ2) is 10.7. The number of likely N-dealkylation sites (N-methyl/N-ethyl adjacent to an activating group) is 1. The summed E-state index contributed by atoms with van der Waals surface area (Å²) in [5, 5.41) is 6.05.